The number of esters is 1. The van der Waals surface area contributed by atoms with Gasteiger partial charge in [0.15, 0.2) is 6.29 Å². The summed E-state index contributed by atoms with van der Waals surface area (Å²) in [5.74, 6) is -0.412. The van der Waals surface area contributed by atoms with Crippen molar-refractivity contribution in [2.75, 3.05) is 26.4 Å². The van der Waals surface area contributed by atoms with E-state index in [2.05, 4.69) is 78.8 Å². The summed E-state index contributed by atoms with van der Waals surface area (Å²) in [6.45, 7) is 3.84. The number of carbonyl (C=O) groups excluding carboxylic acids is 1. The highest BCUT2D eigenvalue weighted by Crippen LogP contribution is 2.26. The van der Waals surface area contributed by atoms with E-state index in [1.54, 1.807) is 0 Å². The van der Waals surface area contributed by atoms with Gasteiger partial charge in [-0.1, -0.05) is 164 Å². The Labute approximate surface area is 363 Å². The van der Waals surface area contributed by atoms with Crippen molar-refractivity contribution in [1.82, 2.24) is 0 Å². The molecule has 348 valence electrons. The molecule has 0 aromatic rings. The fourth-order valence-electron chi connectivity index (χ4n) is 6.70. The van der Waals surface area contributed by atoms with Crippen molar-refractivity contribution in [2.24, 2.45) is 0 Å². The van der Waals surface area contributed by atoms with Gasteiger partial charge in [-0.05, 0) is 57.8 Å². The summed E-state index contributed by atoms with van der Waals surface area (Å²) < 4.78 is 59.0. The van der Waals surface area contributed by atoms with E-state index < -0.39 is 59.8 Å². The molecule has 4 N–H and O–H groups in total. The van der Waals surface area contributed by atoms with E-state index in [0.29, 0.717) is 13.0 Å². The van der Waals surface area contributed by atoms with Crippen molar-refractivity contribution in [1.29, 1.82) is 0 Å². The lowest BCUT2D eigenvalue weighted by Crippen LogP contribution is -2.60. The topological polar surface area (TPSA) is 178 Å². The quantitative estimate of drug-likeness (QED) is 0.0199. The molecule has 1 aliphatic rings. The third-order valence-electron chi connectivity index (χ3n) is 10.2. The van der Waals surface area contributed by atoms with Gasteiger partial charge >= 0.3 is 16.4 Å². The van der Waals surface area contributed by atoms with E-state index in [1.807, 2.05) is 0 Å². The molecule has 6 atom stereocenters. The monoisotopic (exact) mass is 871 g/mol. The summed E-state index contributed by atoms with van der Waals surface area (Å²) in [4.78, 5) is 12.8. The van der Waals surface area contributed by atoms with Crippen molar-refractivity contribution in [3.63, 3.8) is 0 Å². The van der Waals surface area contributed by atoms with Gasteiger partial charge in [-0.25, -0.2) is 4.18 Å². The van der Waals surface area contributed by atoms with Gasteiger partial charge in [-0.2, -0.15) is 8.42 Å². The zero-order valence-corrected chi connectivity index (χ0v) is 37.8. The highest BCUT2D eigenvalue weighted by atomic mass is 32.3. The standard InChI is InChI=1S/C47H82O12S/c1-3-5-7-9-11-13-15-16-17-18-19-20-21-22-23-24-25-26-27-28-30-32-34-36-43(49)57-41(39-55-37-35-33-31-29-14-12-10-8-6-4-2)40-56-47-45(51)46(59-60(52,53)54)44(50)42(38-48)58-47/h5,7,11,13,16-17,19-20,22-23,41-42,44-48,50-51H,3-4,6,8-10,12,14-15,18,21,24-40H2,1-2H3,(H,52,53,54)/b7-5-,13-11-,17-16-,20-19-,23-22-. The first-order valence-corrected chi connectivity index (χ1v) is 24.4. The highest BCUT2D eigenvalue weighted by molar-refractivity contribution is 7.80. The number of aliphatic hydroxyl groups is 3. The summed E-state index contributed by atoms with van der Waals surface area (Å²) in [5, 5.41) is 30.6. The third-order valence-corrected chi connectivity index (χ3v) is 10.6. The number of hydrogen-bond acceptors (Lipinski definition) is 11. The molecule has 0 aromatic carbocycles. The minimum Gasteiger partial charge on any atom is -0.457 e. The summed E-state index contributed by atoms with van der Waals surface area (Å²) in [6, 6.07) is 0. The van der Waals surface area contributed by atoms with Crippen LogP contribution >= 0.6 is 0 Å². The number of rotatable bonds is 39. The molecule has 1 heterocycles. The maximum Gasteiger partial charge on any atom is 0.397 e. The molecule has 0 bridgehead atoms. The molecule has 12 nitrogen and oxygen atoms in total. The molecule has 0 saturated carbocycles. The molecule has 1 saturated heterocycles. The van der Waals surface area contributed by atoms with Crippen LogP contribution in [0.4, 0.5) is 0 Å². The Morgan fingerprint density at radius 2 is 1.15 bits per heavy atom. The average Bonchev–Trinajstić information content (AvgIpc) is 3.22. The van der Waals surface area contributed by atoms with Gasteiger partial charge in [-0.15, -0.1) is 0 Å². The molecule has 0 aromatic heterocycles. The molecule has 13 heteroatoms. The van der Waals surface area contributed by atoms with E-state index in [4.69, 9.17) is 23.5 Å². The summed E-state index contributed by atoms with van der Waals surface area (Å²) in [6.07, 6.45) is 38.3. The number of hydrogen-bond donors (Lipinski definition) is 4. The van der Waals surface area contributed by atoms with Crippen LogP contribution in [-0.2, 0) is 38.3 Å². The van der Waals surface area contributed by atoms with Gasteiger partial charge in [0.1, 0.15) is 30.5 Å². The van der Waals surface area contributed by atoms with E-state index >= 15 is 0 Å². The predicted octanol–water partition coefficient (Wildman–Crippen LogP) is 9.74. The van der Waals surface area contributed by atoms with Crippen molar-refractivity contribution in [3.05, 3.63) is 60.8 Å². The molecule has 6 unspecified atom stereocenters. The molecule has 0 amide bonds. The van der Waals surface area contributed by atoms with Crippen LogP contribution < -0.4 is 0 Å². The molecule has 1 rings (SSSR count). The van der Waals surface area contributed by atoms with Crippen LogP contribution in [-0.4, -0.2) is 97.5 Å². The fourth-order valence-corrected chi connectivity index (χ4v) is 7.21. The third kappa shape index (κ3) is 31.6. The first-order chi connectivity index (χ1) is 29.1. The first-order valence-electron chi connectivity index (χ1n) is 23.0. The largest absolute Gasteiger partial charge is 0.457 e. The van der Waals surface area contributed by atoms with Crippen LogP contribution in [0.1, 0.15) is 168 Å². The Balaban J connectivity index is 2.37. The minimum atomic E-state index is -5.06. The smallest absolute Gasteiger partial charge is 0.397 e. The average molecular weight is 871 g/mol. The second kappa shape index (κ2) is 38.5. The van der Waals surface area contributed by atoms with Crippen LogP contribution in [0.2, 0.25) is 0 Å². The number of aliphatic hydroxyl groups excluding tert-OH is 3. The molecular weight excluding hydrogens is 789 g/mol. The molecule has 0 radical (unpaired) electrons. The van der Waals surface area contributed by atoms with Crippen molar-refractivity contribution < 1.29 is 56.2 Å². The van der Waals surface area contributed by atoms with Crippen LogP contribution in [0, 0.1) is 0 Å². The molecule has 0 spiro atoms. The van der Waals surface area contributed by atoms with Crippen LogP contribution in [0.25, 0.3) is 0 Å². The first kappa shape index (κ1) is 55.8. The molecule has 0 aliphatic carbocycles. The molecular formula is C47H82O12S. The predicted molar refractivity (Wildman–Crippen MR) is 239 cm³/mol. The van der Waals surface area contributed by atoms with Gasteiger partial charge in [-0.3, -0.25) is 9.35 Å². The Morgan fingerprint density at radius 3 is 1.68 bits per heavy atom. The molecule has 1 aliphatic heterocycles. The van der Waals surface area contributed by atoms with Crippen LogP contribution in [0.5, 0.6) is 0 Å². The zero-order valence-electron chi connectivity index (χ0n) is 37.0. The summed E-state index contributed by atoms with van der Waals surface area (Å²) in [7, 11) is -5.06. The minimum absolute atomic E-state index is 0.0304. The normalized spacial score (nSPS) is 20.8. The van der Waals surface area contributed by atoms with E-state index in [1.165, 1.54) is 57.8 Å². The Bertz CT molecular complexity index is 1280. The van der Waals surface area contributed by atoms with Crippen LogP contribution in [0.15, 0.2) is 60.8 Å². The van der Waals surface area contributed by atoms with Gasteiger partial charge in [0.05, 0.1) is 19.8 Å². The lowest BCUT2D eigenvalue weighted by atomic mass is 9.99. The summed E-state index contributed by atoms with van der Waals surface area (Å²) in [5.41, 5.74) is 0. The molecule has 1 fully saturated rings. The summed E-state index contributed by atoms with van der Waals surface area (Å²) >= 11 is 0. The van der Waals surface area contributed by atoms with Gasteiger partial charge in [0.2, 0.25) is 0 Å². The van der Waals surface area contributed by atoms with Crippen LogP contribution in [0.3, 0.4) is 0 Å². The van der Waals surface area contributed by atoms with Gasteiger partial charge in [0, 0.05) is 13.0 Å². The van der Waals surface area contributed by atoms with Crippen molar-refractivity contribution >= 4 is 16.4 Å². The Morgan fingerprint density at radius 1 is 0.650 bits per heavy atom. The van der Waals surface area contributed by atoms with E-state index in [9.17, 15) is 28.5 Å². The maximum atomic E-state index is 12.8. The number of carbonyl (C=O) groups is 1. The lowest BCUT2D eigenvalue weighted by molar-refractivity contribution is -0.301. The van der Waals surface area contributed by atoms with E-state index in [-0.39, 0.29) is 19.6 Å². The van der Waals surface area contributed by atoms with Crippen molar-refractivity contribution in [3.8, 4) is 0 Å². The van der Waals surface area contributed by atoms with Crippen molar-refractivity contribution in [2.45, 2.75) is 205 Å². The second-order valence-electron chi connectivity index (χ2n) is 15.6. The fraction of sp³-hybridized carbons (Fsp3) is 0.766. The maximum absolute atomic E-state index is 12.8. The Kier molecular flexibility index (Phi) is 35.8. The lowest BCUT2D eigenvalue weighted by Gasteiger charge is -2.41. The Hall–Kier alpha value is -2.20. The SMILES string of the molecule is CC/C=C\C/C=C\C/C=C\C/C=C\C/C=C\CCCCCCCCCC(=O)OC(COCCCCCCCCCCCC)COC1OC(CO)C(O)C(OS(=O)(=O)O)C1O. The van der Waals surface area contributed by atoms with Gasteiger partial charge < -0.3 is 34.3 Å². The highest BCUT2D eigenvalue weighted by Gasteiger charge is 2.48. The number of unbranched alkanes of at least 4 members (excludes halogenated alkanes) is 16. The molecule has 60 heavy (non-hydrogen) atoms. The van der Waals surface area contributed by atoms with Gasteiger partial charge in [0.25, 0.3) is 0 Å². The zero-order chi connectivity index (χ0) is 43.9. The number of ether oxygens (including phenoxy) is 4. The van der Waals surface area contributed by atoms with E-state index in [0.717, 1.165) is 83.5 Å². The second-order valence-corrected chi connectivity index (χ2v) is 16.7. The number of allylic oxidation sites excluding steroid dienone is 10.